The Morgan fingerprint density at radius 1 is 1.24 bits per heavy atom. The topological polar surface area (TPSA) is 63.1 Å². The molecule has 2 aliphatic rings. The fourth-order valence-corrected chi connectivity index (χ4v) is 3.10. The van der Waals surface area contributed by atoms with Gasteiger partial charge in [-0.1, -0.05) is 24.3 Å². The molecule has 6 nitrogen and oxygen atoms in total. The van der Waals surface area contributed by atoms with Crippen LogP contribution in [0.15, 0.2) is 30.6 Å². The highest BCUT2D eigenvalue weighted by Crippen LogP contribution is 2.19. The van der Waals surface area contributed by atoms with Crippen molar-refractivity contribution < 1.29 is 4.79 Å². The van der Waals surface area contributed by atoms with E-state index in [1.165, 1.54) is 11.1 Å². The molecular formula is C15H17N5O. The minimum atomic E-state index is -0.130. The van der Waals surface area contributed by atoms with Gasteiger partial charge in [-0.3, -0.25) is 4.79 Å². The van der Waals surface area contributed by atoms with Crippen LogP contribution in [0.4, 0.5) is 0 Å². The second-order valence-corrected chi connectivity index (χ2v) is 5.61. The van der Waals surface area contributed by atoms with E-state index in [0.29, 0.717) is 6.54 Å². The summed E-state index contributed by atoms with van der Waals surface area (Å²) in [4.78, 5) is 14.6. The zero-order valence-electron chi connectivity index (χ0n) is 11.7. The highest BCUT2D eigenvalue weighted by molar-refractivity contribution is 5.82. The molecule has 3 heterocycles. The van der Waals surface area contributed by atoms with Gasteiger partial charge in [0.2, 0.25) is 5.91 Å². The Balaban J connectivity index is 1.49. The number of nitrogens with one attached hydrogen (secondary N) is 1. The van der Waals surface area contributed by atoms with Gasteiger partial charge in [0, 0.05) is 19.6 Å². The van der Waals surface area contributed by atoms with Gasteiger partial charge in [-0.2, -0.15) is 0 Å². The summed E-state index contributed by atoms with van der Waals surface area (Å²) in [5, 5.41) is 11.3. The molecule has 0 fully saturated rings. The second kappa shape index (κ2) is 4.96. The molecule has 1 aromatic heterocycles. The summed E-state index contributed by atoms with van der Waals surface area (Å²) in [6.45, 7) is 2.82. The number of nitrogens with zero attached hydrogens (tertiary/aromatic N) is 4. The minimum Gasteiger partial charge on any atom is -0.332 e. The van der Waals surface area contributed by atoms with Crippen LogP contribution in [0.1, 0.15) is 17.0 Å². The molecule has 1 N–H and O–H groups in total. The van der Waals surface area contributed by atoms with Crippen molar-refractivity contribution in [1.29, 1.82) is 0 Å². The maximum atomic E-state index is 12.7. The van der Waals surface area contributed by atoms with Gasteiger partial charge in [0.1, 0.15) is 6.33 Å². The van der Waals surface area contributed by atoms with Crippen LogP contribution in [0, 0.1) is 0 Å². The number of rotatable bonds is 1. The van der Waals surface area contributed by atoms with Gasteiger partial charge in [0.05, 0.1) is 12.6 Å². The second-order valence-electron chi connectivity index (χ2n) is 5.61. The predicted molar refractivity (Wildman–Crippen MR) is 76.2 cm³/mol. The molecule has 1 atom stereocenters. The standard InChI is InChI=1S/C15H17N5O/c21-15(19-5-6-20-10-17-18-14(20)9-19)13-7-11-3-1-2-4-12(11)8-16-13/h1-4,10,13,16H,5-9H2. The molecule has 0 saturated heterocycles. The van der Waals surface area contributed by atoms with Gasteiger partial charge in [-0.25, -0.2) is 0 Å². The lowest BCUT2D eigenvalue weighted by Gasteiger charge is -2.33. The normalized spacial score (nSPS) is 20.8. The average molecular weight is 283 g/mol. The maximum Gasteiger partial charge on any atom is 0.240 e. The molecule has 1 aromatic carbocycles. The molecule has 0 radical (unpaired) electrons. The summed E-state index contributed by atoms with van der Waals surface area (Å²) in [7, 11) is 0. The summed E-state index contributed by atoms with van der Waals surface area (Å²) in [6.07, 6.45) is 2.49. The Kier molecular flexibility index (Phi) is 2.96. The molecule has 108 valence electrons. The third-order valence-corrected chi connectivity index (χ3v) is 4.33. The van der Waals surface area contributed by atoms with Crippen LogP contribution in [0.2, 0.25) is 0 Å². The average Bonchev–Trinajstić information content (AvgIpc) is 3.01. The number of aromatic nitrogens is 3. The zero-order valence-corrected chi connectivity index (χ0v) is 11.7. The lowest BCUT2D eigenvalue weighted by molar-refractivity contribution is -0.135. The third-order valence-electron chi connectivity index (χ3n) is 4.33. The van der Waals surface area contributed by atoms with Crippen molar-refractivity contribution in [3.63, 3.8) is 0 Å². The third kappa shape index (κ3) is 2.21. The summed E-state index contributed by atoms with van der Waals surface area (Å²) in [5.74, 6) is 1.03. The van der Waals surface area contributed by atoms with Crippen molar-refractivity contribution in [2.45, 2.75) is 32.1 Å². The lowest BCUT2D eigenvalue weighted by Crippen LogP contribution is -2.51. The van der Waals surface area contributed by atoms with E-state index in [-0.39, 0.29) is 11.9 Å². The van der Waals surface area contributed by atoms with Gasteiger partial charge in [0.15, 0.2) is 5.82 Å². The van der Waals surface area contributed by atoms with E-state index in [2.05, 4.69) is 27.6 Å². The van der Waals surface area contributed by atoms with Crippen LogP contribution >= 0.6 is 0 Å². The van der Waals surface area contributed by atoms with Crippen LogP contribution in [-0.4, -0.2) is 38.2 Å². The highest BCUT2D eigenvalue weighted by atomic mass is 16.2. The van der Waals surface area contributed by atoms with Crippen molar-refractivity contribution in [3.8, 4) is 0 Å². The first kappa shape index (κ1) is 12.5. The first-order valence-corrected chi connectivity index (χ1v) is 7.27. The van der Waals surface area contributed by atoms with Crippen LogP contribution in [-0.2, 0) is 30.8 Å². The Bertz CT molecular complexity index is 680. The van der Waals surface area contributed by atoms with Crippen molar-refractivity contribution >= 4 is 5.91 Å². The molecule has 2 aliphatic heterocycles. The van der Waals surface area contributed by atoms with Crippen molar-refractivity contribution in [1.82, 2.24) is 25.0 Å². The van der Waals surface area contributed by atoms with E-state index in [1.807, 2.05) is 21.6 Å². The monoisotopic (exact) mass is 283 g/mol. The minimum absolute atomic E-state index is 0.130. The lowest BCUT2D eigenvalue weighted by atomic mass is 9.95. The molecule has 4 rings (SSSR count). The summed E-state index contributed by atoms with van der Waals surface area (Å²) >= 11 is 0. The van der Waals surface area contributed by atoms with Gasteiger partial charge < -0.3 is 14.8 Å². The first-order valence-electron chi connectivity index (χ1n) is 7.27. The molecule has 0 bridgehead atoms. The predicted octanol–water partition coefficient (Wildman–Crippen LogP) is 0.335. The van der Waals surface area contributed by atoms with Crippen molar-refractivity contribution in [2.75, 3.05) is 6.54 Å². The molecule has 21 heavy (non-hydrogen) atoms. The SMILES string of the molecule is O=C(C1Cc2ccccc2CN1)N1CCn2cnnc2C1. The van der Waals surface area contributed by atoms with Crippen LogP contribution in [0.3, 0.4) is 0 Å². The van der Waals surface area contributed by atoms with E-state index in [4.69, 9.17) is 0 Å². The molecule has 0 saturated carbocycles. The highest BCUT2D eigenvalue weighted by Gasteiger charge is 2.30. The van der Waals surface area contributed by atoms with E-state index < -0.39 is 0 Å². The van der Waals surface area contributed by atoms with E-state index >= 15 is 0 Å². The van der Waals surface area contributed by atoms with Gasteiger partial charge in [-0.05, 0) is 17.5 Å². The largest absolute Gasteiger partial charge is 0.332 e. The van der Waals surface area contributed by atoms with Crippen LogP contribution in [0.5, 0.6) is 0 Å². The Labute approximate surface area is 122 Å². The quantitative estimate of drug-likeness (QED) is 0.819. The number of carbonyl (C=O) groups excluding carboxylic acids is 1. The van der Waals surface area contributed by atoms with Gasteiger partial charge in [-0.15, -0.1) is 10.2 Å². The summed E-state index contributed by atoms with van der Waals surface area (Å²) in [5.41, 5.74) is 2.56. The Morgan fingerprint density at radius 2 is 2.10 bits per heavy atom. The maximum absolute atomic E-state index is 12.7. The van der Waals surface area contributed by atoms with E-state index in [1.54, 1.807) is 6.33 Å². The molecule has 6 heteroatoms. The number of hydrogen-bond donors (Lipinski definition) is 1. The van der Waals surface area contributed by atoms with Crippen molar-refractivity contribution in [2.24, 2.45) is 0 Å². The number of amides is 1. The van der Waals surface area contributed by atoms with E-state index in [9.17, 15) is 4.79 Å². The van der Waals surface area contributed by atoms with Crippen molar-refractivity contribution in [3.05, 3.63) is 47.5 Å². The Morgan fingerprint density at radius 3 is 3.00 bits per heavy atom. The van der Waals surface area contributed by atoms with Gasteiger partial charge in [0.25, 0.3) is 0 Å². The first-order chi connectivity index (χ1) is 10.3. The molecule has 2 aromatic rings. The van der Waals surface area contributed by atoms with Crippen LogP contribution in [0.25, 0.3) is 0 Å². The number of benzene rings is 1. The summed E-state index contributed by atoms with van der Waals surface area (Å²) in [6, 6.07) is 8.18. The molecule has 1 amide bonds. The Hall–Kier alpha value is -2.21. The van der Waals surface area contributed by atoms with Crippen LogP contribution < -0.4 is 5.32 Å². The molecule has 1 unspecified atom stereocenters. The fraction of sp³-hybridized carbons (Fsp3) is 0.400. The fourth-order valence-electron chi connectivity index (χ4n) is 3.10. The number of carbonyl (C=O) groups is 1. The summed E-state index contributed by atoms with van der Waals surface area (Å²) < 4.78 is 2.01. The zero-order chi connectivity index (χ0) is 14.2. The molecule has 0 aliphatic carbocycles. The smallest absolute Gasteiger partial charge is 0.240 e. The molecule has 0 spiro atoms. The number of fused-ring (bicyclic) bond motifs is 2. The molecular weight excluding hydrogens is 266 g/mol. The van der Waals surface area contributed by atoms with Gasteiger partial charge >= 0.3 is 0 Å². The number of hydrogen-bond acceptors (Lipinski definition) is 4. The van der Waals surface area contributed by atoms with E-state index in [0.717, 1.165) is 31.9 Å².